The molecule has 3 rings (SSSR count). The van der Waals surface area contributed by atoms with Crippen molar-refractivity contribution in [2.45, 2.75) is 11.3 Å². The van der Waals surface area contributed by atoms with E-state index in [9.17, 15) is 13.2 Å². The van der Waals surface area contributed by atoms with Gasteiger partial charge in [0.05, 0.1) is 34.3 Å². The Morgan fingerprint density at radius 2 is 1.70 bits per heavy atom. The van der Waals surface area contributed by atoms with Crippen molar-refractivity contribution in [1.82, 2.24) is 4.31 Å². The Balaban J connectivity index is 1.87. The molecular formula is C23H21Cl3N2O4S. The molecule has 1 N–H and O–H groups in total. The first-order chi connectivity index (χ1) is 15.7. The van der Waals surface area contributed by atoms with Crippen molar-refractivity contribution in [3.8, 4) is 5.75 Å². The van der Waals surface area contributed by atoms with Crippen LogP contribution in [0.1, 0.15) is 5.56 Å². The fraction of sp³-hybridized carbons (Fsp3) is 0.174. The van der Waals surface area contributed by atoms with Gasteiger partial charge in [-0.3, -0.25) is 4.79 Å². The summed E-state index contributed by atoms with van der Waals surface area (Å²) in [5.74, 6) is -0.213. The predicted molar refractivity (Wildman–Crippen MR) is 132 cm³/mol. The van der Waals surface area contributed by atoms with Gasteiger partial charge in [0.15, 0.2) is 0 Å². The van der Waals surface area contributed by atoms with Crippen LogP contribution in [0.15, 0.2) is 71.6 Å². The number of nitrogens with zero attached hydrogens (tertiary/aromatic N) is 1. The van der Waals surface area contributed by atoms with E-state index in [0.29, 0.717) is 22.9 Å². The van der Waals surface area contributed by atoms with Crippen LogP contribution in [-0.2, 0) is 21.2 Å². The molecule has 0 spiro atoms. The smallest absolute Gasteiger partial charge is 0.243 e. The Morgan fingerprint density at radius 1 is 0.970 bits per heavy atom. The molecule has 0 fully saturated rings. The summed E-state index contributed by atoms with van der Waals surface area (Å²) in [7, 11) is -2.61. The van der Waals surface area contributed by atoms with Crippen LogP contribution in [0, 0.1) is 0 Å². The lowest BCUT2D eigenvalue weighted by molar-refractivity contribution is -0.116. The number of carbonyl (C=O) groups excluding carboxylic acids is 1. The van der Waals surface area contributed by atoms with Gasteiger partial charge in [-0.15, -0.1) is 0 Å². The molecule has 0 radical (unpaired) electrons. The second-order valence-electron chi connectivity index (χ2n) is 7.04. The van der Waals surface area contributed by atoms with Gasteiger partial charge in [0.2, 0.25) is 15.9 Å². The van der Waals surface area contributed by atoms with Crippen molar-refractivity contribution in [1.29, 1.82) is 0 Å². The second-order valence-corrected chi connectivity index (χ2v) is 10.2. The van der Waals surface area contributed by atoms with Crippen molar-refractivity contribution in [3.63, 3.8) is 0 Å². The molecule has 0 atom stereocenters. The van der Waals surface area contributed by atoms with E-state index in [-0.39, 0.29) is 21.5 Å². The summed E-state index contributed by atoms with van der Waals surface area (Å²) in [6.45, 7) is -0.353. The maximum Gasteiger partial charge on any atom is 0.243 e. The number of methoxy groups -OCH3 is 1. The average Bonchev–Trinajstić information content (AvgIpc) is 2.79. The van der Waals surface area contributed by atoms with Gasteiger partial charge in [0.1, 0.15) is 5.75 Å². The van der Waals surface area contributed by atoms with Gasteiger partial charge in [0.25, 0.3) is 0 Å². The van der Waals surface area contributed by atoms with E-state index in [2.05, 4.69) is 5.32 Å². The molecule has 0 heterocycles. The molecule has 0 unspecified atom stereocenters. The van der Waals surface area contributed by atoms with E-state index >= 15 is 0 Å². The van der Waals surface area contributed by atoms with Gasteiger partial charge in [-0.05, 0) is 48.4 Å². The third kappa shape index (κ3) is 6.62. The second kappa shape index (κ2) is 11.2. The third-order valence-electron chi connectivity index (χ3n) is 4.78. The Kier molecular flexibility index (Phi) is 8.62. The van der Waals surface area contributed by atoms with Crippen LogP contribution >= 0.6 is 34.8 Å². The van der Waals surface area contributed by atoms with E-state index < -0.39 is 22.5 Å². The Morgan fingerprint density at radius 3 is 2.36 bits per heavy atom. The maximum atomic E-state index is 13.4. The Labute approximate surface area is 208 Å². The minimum atomic E-state index is -4.05. The fourth-order valence-corrected chi connectivity index (χ4v) is 5.17. The maximum absolute atomic E-state index is 13.4. The van der Waals surface area contributed by atoms with Crippen LogP contribution < -0.4 is 10.1 Å². The van der Waals surface area contributed by atoms with Crippen LogP contribution in [-0.4, -0.2) is 38.8 Å². The zero-order valence-electron chi connectivity index (χ0n) is 17.6. The highest BCUT2D eigenvalue weighted by Gasteiger charge is 2.27. The van der Waals surface area contributed by atoms with Gasteiger partial charge < -0.3 is 10.1 Å². The molecule has 0 aromatic heterocycles. The largest absolute Gasteiger partial charge is 0.495 e. The number of anilines is 1. The highest BCUT2D eigenvalue weighted by atomic mass is 35.5. The van der Waals surface area contributed by atoms with E-state index in [4.69, 9.17) is 39.5 Å². The molecule has 0 saturated heterocycles. The molecule has 10 heteroatoms. The SMILES string of the molecule is COc1ccc(S(=O)(=O)N(CCc2ccccc2)CC(=O)Nc2cc(Cl)ccc2Cl)cc1Cl. The number of hydrogen-bond acceptors (Lipinski definition) is 4. The number of sulfonamides is 1. The first kappa shape index (κ1) is 25.3. The number of benzene rings is 3. The number of carbonyl (C=O) groups is 1. The summed E-state index contributed by atoms with van der Waals surface area (Å²) in [4.78, 5) is 12.7. The van der Waals surface area contributed by atoms with E-state index in [1.165, 1.54) is 31.4 Å². The molecule has 0 aliphatic rings. The van der Waals surface area contributed by atoms with E-state index in [1.807, 2.05) is 30.3 Å². The normalized spacial score (nSPS) is 11.4. The minimum Gasteiger partial charge on any atom is -0.495 e. The van der Waals surface area contributed by atoms with Crippen molar-refractivity contribution in [2.75, 3.05) is 25.5 Å². The molecule has 6 nitrogen and oxygen atoms in total. The summed E-state index contributed by atoms with van der Waals surface area (Å²) >= 11 is 18.2. The first-order valence-corrected chi connectivity index (χ1v) is 12.4. The van der Waals surface area contributed by atoms with Gasteiger partial charge >= 0.3 is 0 Å². The molecule has 174 valence electrons. The molecule has 33 heavy (non-hydrogen) atoms. The zero-order chi connectivity index (χ0) is 24.0. The average molecular weight is 528 g/mol. The van der Waals surface area contributed by atoms with Crippen LogP contribution in [0.4, 0.5) is 5.69 Å². The molecule has 0 aliphatic heterocycles. The summed E-state index contributed by atoms with van der Waals surface area (Å²) in [5.41, 5.74) is 1.23. The first-order valence-electron chi connectivity index (χ1n) is 9.83. The monoisotopic (exact) mass is 526 g/mol. The van der Waals surface area contributed by atoms with Gasteiger partial charge in [0, 0.05) is 11.6 Å². The van der Waals surface area contributed by atoms with E-state index in [0.717, 1.165) is 9.87 Å². The fourth-order valence-electron chi connectivity index (χ4n) is 3.08. The molecule has 0 saturated carbocycles. The highest BCUT2D eigenvalue weighted by Crippen LogP contribution is 2.29. The number of halogens is 3. The number of ether oxygens (including phenoxy) is 1. The minimum absolute atomic E-state index is 0.0463. The lowest BCUT2D eigenvalue weighted by Gasteiger charge is -2.22. The number of amides is 1. The zero-order valence-corrected chi connectivity index (χ0v) is 20.7. The molecule has 3 aromatic carbocycles. The quantitative estimate of drug-likeness (QED) is 0.397. The Hall–Kier alpha value is -2.29. The molecule has 3 aromatic rings. The lowest BCUT2D eigenvalue weighted by atomic mass is 10.1. The van der Waals surface area contributed by atoms with Crippen molar-refractivity contribution >= 4 is 56.4 Å². The Bertz CT molecular complexity index is 1240. The molecular weight excluding hydrogens is 507 g/mol. The van der Waals surface area contributed by atoms with Gasteiger partial charge in [-0.2, -0.15) is 4.31 Å². The van der Waals surface area contributed by atoms with Crippen LogP contribution in [0.3, 0.4) is 0 Å². The summed E-state index contributed by atoms with van der Waals surface area (Å²) < 4.78 is 33.0. The lowest BCUT2D eigenvalue weighted by Crippen LogP contribution is -2.39. The van der Waals surface area contributed by atoms with E-state index in [1.54, 1.807) is 12.1 Å². The standard InChI is InChI=1S/C23H21Cl3N2O4S/c1-32-22-10-8-18(14-20(22)26)33(30,31)28(12-11-16-5-3-2-4-6-16)15-23(29)27-21-13-17(24)7-9-19(21)25/h2-10,13-14H,11-12,15H2,1H3,(H,27,29). The van der Waals surface area contributed by atoms with Crippen LogP contribution in [0.25, 0.3) is 0 Å². The summed E-state index contributed by atoms with van der Waals surface area (Å²) in [6.07, 6.45) is 0.412. The van der Waals surface area contributed by atoms with Gasteiger partial charge in [-0.25, -0.2) is 8.42 Å². The van der Waals surface area contributed by atoms with Crippen LogP contribution in [0.2, 0.25) is 15.1 Å². The van der Waals surface area contributed by atoms with Crippen molar-refractivity contribution < 1.29 is 17.9 Å². The topological polar surface area (TPSA) is 75.7 Å². The van der Waals surface area contributed by atoms with Gasteiger partial charge in [-0.1, -0.05) is 65.1 Å². The van der Waals surface area contributed by atoms with Crippen molar-refractivity contribution in [3.05, 3.63) is 87.4 Å². The molecule has 0 aliphatic carbocycles. The number of rotatable bonds is 9. The number of hydrogen-bond donors (Lipinski definition) is 1. The van der Waals surface area contributed by atoms with Crippen molar-refractivity contribution in [2.24, 2.45) is 0 Å². The predicted octanol–water partition coefficient (Wildman–Crippen LogP) is 5.53. The molecule has 0 bridgehead atoms. The third-order valence-corrected chi connectivity index (χ3v) is 7.48. The summed E-state index contributed by atoms with van der Waals surface area (Å²) in [5, 5.41) is 3.45. The number of nitrogens with one attached hydrogen (secondary N) is 1. The molecule has 1 amide bonds. The highest BCUT2D eigenvalue weighted by molar-refractivity contribution is 7.89. The summed E-state index contributed by atoms with van der Waals surface area (Å²) in [6, 6.07) is 18.2. The van der Waals surface area contributed by atoms with Crippen LogP contribution in [0.5, 0.6) is 5.75 Å².